The zero-order chi connectivity index (χ0) is 12.3. The quantitative estimate of drug-likeness (QED) is 0.855. The molecule has 2 rings (SSSR count). The first-order chi connectivity index (χ1) is 8.16. The number of hydrogen-bond donors (Lipinski definition) is 1. The van der Waals surface area contributed by atoms with Crippen LogP contribution in [0.3, 0.4) is 0 Å². The van der Waals surface area contributed by atoms with Gasteiger partial charge in [-0.1, -0.05) is 17.7 Å². The van der Waals surface area contributed by atoms with Gasteiger partial charge in [-0.25, -0.2) is 0 Å². The third-order valence-electron chi connectivity index (χ3n) is 2.56. The summed E-state index contributed by atoms with van der Waals surface area (Å²) in [6.45, 7) is 3.83. The van der Waals surface area contributed by atoms with Gasteiger partial charge >= 0.3 is 0 Å². The van der Waals surface area contributed by atoms with Crippen molar-refractivity contribution in [2.75, 3.05) is 5.32 Å². The smallest absolute Gasteiger partial charge is 0.257 e. The summed E-state index contributed by atoms with van der Waals surface area (Å²) in [6, 6.07) is 11.2. The van der Waals surface area contributed by atoms with Gasteiger partial charge in [0.05, 0.1) is 5.56 Å². The number of carbonyl (C=O) groups excluding carboxylic acids is 1. The van der Waals surface area contributed by atoms with E-state index in [-0.39, 0.29) is 5.91 Å². The zero-order valence-corrected chi connectivity index (χ0v) is 9.90. The van der Waals surface area contributed by atoms with E-state index in [4.69, 9.17) is 0 Å². The van der Waals surface area contributed by atoms with E-state index in [1.54, 1.807) is 18.3 Å². The molecule has 2 aromatic rings. The molecule has 0 saturated heterocycles. The SMILES string of the molecule is Cc1ccc(NC(=O)c2cccnc2C)cc1. The van der Waals surface area contributed by atoms with Crippen LogP contribution >= 0.6 is 0 Å². The minimum Gasteiger partial charge on any atom is -0.322 e. The largest absolute Gasteiger partial charge is 0.322 e. The fraction of sp³-hybridized carbons (Fsp3) is 0.143. The van der Waals surface area contributed by atoms with Crippen molar-refractivity contribution in [2.45, 2.75) is 13.8 Å². The first-order valence-corrected chi connectivity index (χ1v) is 5.46. The van der Waals surface area contributed by atoms with Crippen LogP contribution in [-0.2, 0) is 0 Å². The Labute approximate surface area is 101 Å². The van der Waals surface area contributed by atoms with E-state index >= 15 is 0 Å². The molecule has 0 aliphatic carbocycles. The fourth-order valence-corrected chi connectivity index (χ4v) is 1.56. The van der Waals surface area contributed by atoms with E-state index in [0.717, 1.165) is 11.4 Å². The molecule has 3 heteroatoms. The summed E-state index contributed by atoms with van der Waals surface area (Å²) < 4.78 is 0. The van der Waals surface area contributed by atoms with Crippen LogP contribution in [0.2, 0.25) is 0 Å². The predicted octanol–water partition coefficient (Wildman–Crippen LogP) is 2.95. The molecule has 17 heavy (non-hydrogen) atoms. The Bertz CT molecular complexity index is 532. The predicted molar refractivity (Wildman–Crippen MR) is 68.1 cm³/mol. The first kappa shape index (κ1) is 11.3. The van der Waals surface area contributed by atoms with Crippen LogP contribution in [-0.4, -0.2) is 10.9 Å². The van der Waals surface area contributed by atoms with Gasteiger partial charge in [-0.3, -0.25) is 9.78 Å². The Hall–Kier alpha value is -2.16. The first-order valence-electron chi connectivity index (χ1n) is 5.46. The van der Waals surface area contributed by atoms with E-state index in [1.165, 1.54) is 5.56 Å². The van der Waals surface area contributed by atoms with Crippen molar-refractivity contribution in [2.24, 2.45) is 0 Å². The molecule has 0 aliphatic rings. The van der Waals surface area contributed by atoms with E-state index in [0.29, 0.717) is 5.56 Å². The highest BCUT2D eigenvalue weighted by atomic mass is 16.1. The van der Waals surface area contributed by atoms with Gasteiger partial charge in [0, 0.05) is 17.6 Å². The number of anilines is 1. The molecule has 1 aromatic heterocycles. The van der Waals surface area contributed by atoms with Gasteiger partial charge in [-0.2, -0.15) is 0 Å². The fourth-order valence-electron chi connectivity index (χ4n) is 1.56. The summed E-state index contributed by atoms with van der Waals surface area (Å²) in [7, 11) is 0. The second-order valence-electron chi connectivity index (χ2n) is 3.96. The molecular formula is C14H14N2O. The van der Waals surface area contributed by atoms with Crippen molar-refractivity contribution in [3.05, 3.63) is 59.4 Å². The number of nitrogens with one attached hydrogen (secondary N) is 1. The minimum absolute atomic E-state index is 0.126. The Morgan fingerprint density at radius 3 is 2.47 bits per heavy atom. The van der Waals surface area contributed by atoms with Gasteiger partial charge in [0.15, 0.2) is 0 Å². The summed E-state index contributed by atoms with van der Waals surface area (Å²) in [4.78, 5) is 16.1. The summed E-state index contributed by atoms with van der Waals surface area (Å²) >= 11 is 0. The molecule has 1 heterocycles. The van der Waals surface area contributed by atoms with Crippen molar-refractivity contribution < 1.29 is 4.79 Å². The molecule has 3 nitrogen and oxygen atoms in total. The third-order valence-corrected chi connectivity index (χ3v) is 2.56. The van der Waals surface area contributed by atoms with Crippen molar-refractivity contribution >= 4 is 11.6 Å². The lowest BCUT2D eigenvalue weighted by atomic mass is 10.2. The summed E-state index contributed by atoms with van der Waals surface area (Å²) in [5.41, 5.74) is 3.30. The molecule has 1 N–H and O–H groups in total. The monoisotopic (exact) mass is 226 g/mol. The number of aryl methyl sites for hydroxylation is 2. The minimum atomic E-state index is -0.126. The lowest BCUT2D eigenvalue weighted by Gasteiger charge is -2.07. The maximum Gasteiger partial charge on any atom is 0.257 e. The summed E-state index contributed by atoms with van der Waals surface area (Å²) in [5, 5.41) is 2.85. The number of hydrogen-bond acceptors (Lipinski definition) is 2. The molecule has 0 unspecified atom stereocenters. The average molecular weight is 226 g/mol. The molecule has 0 fully saturated rings. The topological polar surface area (TPSA) is 42.0 Å². The second kappa shape index (κ2) is 4.78. The van der Waals surface area contributed by atoms with Crippen LogP contribution in [0.25, 0.3) is 0 Å². The number of carbonyl (C=O) groups is 1. The summed E-state index contributed by atoms with van der Waals surface area (Å²) in [5.74, 6) is -0.126. The molecule has 0 radical (unpaired) electrons. The highest BCUT2D eigenvalue weighted by Crippen LogP contribution is 2.11. The van der Waals surface area contributed by atoms with E-state index in [2.05, 4.69) is 10.3 Å². The van der Waals surface area contributed by atoms with Gasteiger partial charge in [-0.05, 0) is 38.1 Å². The number of rotatable bonds is 2. The number of pyridine rings is 1. The van der Waals surface area contributed by atoms with Crippen LogP contribution in [0, 0.1) is 13.8 Å². The lowest BCUT2D eigenvalue weighted by Crippen LogP contribution is -2.13. The molecule has 86 valence electrons. The normalized spacial score (nSPS) is 10.0. The maximum absolute atomic E-state index is 12.0. The van der Waals surface area contributed by atoms with Crippen molar-refractivity contribution in [3.8, 4) is 0 Å². The van der Waals surface area contributed by atoms with Gasteiger partial charge in [0.25, 0.3) is 5.91 Å². The highest BCUT2D eigenvalue weighted by Gasteiger charge is 2.08. The molecule has 0 saturated carbocycles. The van der Waals surface area contributed by atoms with Gasteiger partial charge < -0.3 is 5.32 Å². The number of benzene rings is 1. The Morgan fingerprint density at radius 1 is 1.12 bits per heavy atom. The molecular weight excluding hydrogens is 212 g/mol. The molecule has 0 bridgehead atoms. The van der Waals surface area contributed by atoms with Crippen LogP contribution in [0.15, 0.2) is 42.6 Å². The van der Waals surface area contributed by atoms with Gasteiger partial charge in [-0.15, -0.1) is 0 Å². The van der Waals surface area contributed by atoms with Crippen LogP contribution in [0.1, 0.15) is 21.6 Å². The van der Waals surface area contributed by atoms with E-state index < -0.39 is 0 Å². The lowest BCUT2D eigenvalue weighted by molar-refractivity contribution is 0.102. The molecule has 0 aliphatic heterocycles. The number of nitrogens with zero attached hydrogens (tertiary/aromatic N) is 1. The van der Waals surface area contributed by atoms with Crippen LogP contribution < -0.4 is 5.32 Å². The van der Waals surface area contributed by atoms with Crippen molar-refractivity contribution in [1.29, 1.82) is 0 Å². The Kier molecular flexibility index (Phi) is 3.19. The molecule has 1 amide bonds. The molecule has 0 atom stereocenters. The Balaban J connectivity index is 2.17. The molecule has 1 aromatic carbocycles. The summed E-state index contributed by atoms with van der Waals surface area (Å²) in [6.07, 6.45) is 1.68. The van der Waals surface area contributed by atoms with Crippen molar-refractivity contribution in [1.82, 2.24) is 4.98 Å². The number of amides is 1. The second-order valence-corrected chi connectivity index (χ2v) is 3.96. The van der Waals surface area contributed by atoms with Crippen LogP contribution in [0.5, 0.6) is 0 Å². The highest BCUT2D eigenvalue weighted by molar-refractivity contribution is 6.04. The Morgan fingerprint density at radius 2 is 1.82 bits per heavy atom. The van der Waals surface area contributed by atoms with Crippen molar-refractivity contribution in [3.63, 3.8) is 0 Å². The number of aromatic nitrogens is 1. The van der Waals surface area contributed by atoms with E-state index in [9.17, 15) is 4.79 Å². The average Bonchev–Trinajstić information content (AvgIpc) is 2.32. The third kappa shape index (κ3) is 2.69. The zero-order valence-electron chi connectivity index (χ0n) is 9.90. The van der Waals surface area contributed by atoms with Crippen LogP contribution in [0.4, 0.5) is 5.69 Å². The van der Waals surface area contributed by atoms with Gasteiger partial charge in [0.2, 0.25) is 0 Å². The maximum atomic E-state index is 12.0. The standard InChI is InChI=1S/C14H14N2O/c1-10-5-7-12(8-6-10)16-14(17)13-4-3-9-15-11(13)2/h3-9H,1-2H3,(H,16,17). The van der Waals surface area contributed by atoms with E-state index in [1.807, 2.05) is 38.1 Å². The van der Waals surface area contributed by atoms with Gasteiger partial charge in [0.1, 0.15) is 0 Å². The molecule has 0 spiro atoms.